The van der Waals surface area contributed by atoms with Crippen LogP contribution in [0.2, 0.25) is 0 Å². The molecule has 0 radical (unpaired) electrons. The van der Waals surface area contributed by atoms with Gasteiger partial charge in [0.2, 0.25) is 11.8 Å². The van der Waals surface area contributed by atoms with Crippen LogP contribution in [-0.4, -0.2) is 55.3 Å². The molecule has 5 nitrogen and oxygen atoms in total. The van der Waals surface area contributed by atoms with Crippen LogP contribution in [0.15, 0.2) is 24.3 Å². The van der Waals surface area contributed by atoms with Crippen molar-refractivity contribution in [3.05, 3.63) is 35.4 Å². The zero-order valence-corrected chi connectivity index (χ0v) is 17.6. The molecule has 2 aliphatic rings. The van der Waals surface area contributed by atoms with E-state index < -0.39 is 0 Å². The summed E-state index contributed by atoms with van der Waals surface area (Å²) in [7, 11) is 4.00. The number of carbonyl (C=O) groups excluding carboxylic acids is 2. The Bertz CT molecular complexity index is 682. The predicted molar refractivity (Wildman–Crippen MR) is 112 cm³/mol. The number of hydrogen-bond acceptors (Lipinski definition) is 3. The maximum atomic E-state index is 13.3. The van der Waals surface area contributed by atoms with E-state index in [4.69, 9.17) is 0 Å². The summed E-state index contributed by atoms with van der Waals surface area (Å²) in [6.07, 6.45) is 5.97. The number of likely N-dealkylation sites (N-methyl/N-ethyl adjacent to an activating group) is 1. The second-order valence-corrected chi connectivity index (χ2v) is 8.77. The van der Waals surface area contributed by atoms with Crippen molar-refractivity contribution in [3.8, 4) is 0 Å². The number of likely N-dealkylation sites (tertiary alicyclic amines) is 1. The number of nitrogens with one attached hydrogen (secondary N) is 1. The van der Waals surface area contributed by atoms with E-state index in [9.17, 15) is 9.59 Å². The third kappa shape index (κ3) is 5.13. The molecule has 1 aromatic carbocycles. The zero-order chi connectivity index (χ0) is 20.1. The van der Waals surface area contributed by atoms with Gasteiger partial charge in [-0.15, -0.1) is 0 Å². The summed E-state index contributed by atoms with van der Waals surface area (Å²) in [5.74, 6) is 0.389. The van der Waals surface area contributed by atoms with E-state index in [0.717, 1.165) is 45.1 Å². The van der Waals surface area contributed by atoms with Crippen LogP contribution < -0.4 is 5.32 Å². The van der Waals surface area contributed by atoms with Crippen LogP contribution in [0.1, 0.15) is 55.7 Å². The molecule has 1 saturated carbocycles. The van der Waals surface area contributed by atoms with Gasteiger partial charge in [-0.3, -0.25) is 9.59 Å². The SMILES string of the molecule is Cc1cccc([C@H]2CC[C@@H](C(=O)NCCN(C)C)CN2C(=O)C2CCCC2)c1. The summed E-state index contributed by atoms with van der Waals surface area (Å²) in [6, 6.07) is 8.58. The molecule has 0 spiro atoms. The van der Waals surface area contributed by atoms with Gasteiger partial charge in [-0.05, 0) is 52.3 Å². The number of piperidine rings is 1. The zero-order valence-electron chi connectivity index (χ0n) is 17.6. The topological polar surface area (TPSA) is 52.7 Å². The van der Waals surface area contributed by atoms with E-state index >= 15 is 0 Å². The Kier molecular flexibility index (Phi) is 7.11. The highest BCUT2D eigenvalue weighted by atomic mass is 16.2. The van der Waals surface area contributed by atoms with Crippen LogP contribution in [0.25, 0.3) is 0 Å². The van der Waals surface area contributed by atoms with Crippen molar-refractivity contribution in [2.24, 2.45) is 11.8 Å². The van der Waals surface area contributed by atoms with Crippen molar-refractivity contribution in [3.63, 3.8) is 0 Å². The lowest BCUT2D eigenvalue weighted by molar-refractivity contribution is -0.142. The van der Waals surface area contributed by atoms with E-state index in [1.54, 1.807) is 0 Å². The number of rotatable bonds is 6. The van der Waals surface area contributed by atoms with Crippen LogP contribution >= 0.6 is 0 Å². The standard InChI is InChI=1S/C23H35N3O2/c1-17-7-6-10-19(15-17)21-12-11-20(22(27)24-13-14-25(2)3)16-26(21)23(28)18-8-4-5-9-18/h6-7,10,15,18,20-21H,4-5,8-9,11-14,16H2,1-3H3,(H,24,27)/t20-,21-/m1/s1. The van der Waals surface area contributed by atoms with Crippen molar-refractivity contribution in [2.75, 3.05) is 33.7 Å². The molecule has 1 aliphatic carbocycles. The van der Waals surface area contributed by atoms with Crippen LogP contribution in [0.3, 0.4) is 0 Å². The molecule has 1 aliphatic heterocycles. The third-order valence-corrected chi connectivity index (χ3v) is 6.23. The number of nitrogens with zero attached hydrogens (tertiary/aromatic N) is 2. The molecule has 0 unspecified atom stereocenters. The minimum Gasteiger partial charge on any atom is -0.355 e. The van der Waals surface area contributed by atoms with Crippen molar-refractivity contribution < 1.29 is 9.59 Å². The molecule has 1 aromatic rings. The highest BCUT2D eigenvalue weighted by Crippen LogP contribution is 2.37. The minimum atomic E-state index is -0.103. The minimum absolute atomic E-state index is 0.0914. The second-order valence-electron chi connectivity index (χ2n) is 8.77. The van der Waals surface area contributed by atoms with Crippen LogP contribution in [-0.2, 0) is 9.59 Å². The number of carbonyl (C=O) groups is 2. The second kappa shape index (κ2) is 9.55. The molecular formula is C23H35N3O2. The van der Waals surface area contributed by atoms with Crippen LogP contribution in [0, 0.1) is 18.8 Å². The first kappa shape index (κ1) is 20.8. The first-order valence-corrected chi connectivity index (χ1v) is 10.7. The maximum Gasteiger partial charge on any atom is 0.226 e. The third-order valence-electron chi connectivity index (χ3n) is 6.23. The Hall–Kier alpha value is -1.88. The molecule has 2 atom stereocenters. The molecule has 2 amide bonds. The Balaban J connectivity index is 1.73. The van der Waals surface area contributed by atoms with Crippen molar-refractivity contribution in [1.82, 2.24) is 15.1 Å². The van der Waals surface area contributed by atoms with Crippen LogP contribution in [0.4, 0.5) is 0 Å². The van der Waals surface area contributed by atoms with Gasteiger partial charge in [0, 0.05) is 25.6 Å². The summed E-state index contributed by atoms with van der Waals surface area (Å²) >= 11 is 0. The highest BCUT2D eigenvalue weighted by Gasteiger charge is 2.38. The summed E-state index contributed by atoms with van der Waals surface area (Å²) in [5, 5.41) is 3.06. The summed E-state index contributed by atoms with van der Waals surface area (Å²) in [5.41, 5.74) is 2.42. The quantitative estimate of drug-likeness (QED) is 0.818. The Labute approximate surface area is 169 Å². The van der Waals surface area contributed by atoms with E-state index in [-0.39, 0.29) is 29.7 Å². The van der Waals surface area contributed by atoms with Gasteiger partial charge in [0.05, 0.1) is 12.0 Å². The fraction of sp³-hybridized carbons (Fsp3) is 0.652. The van der Waals surface area contributed by atoms with E-state index in [1.165, 1.54) is 11.1 Å². The van der Waals surface area contributed by atoms with Crippen molar-refractivity contribution in [1.29, 1.82) is 0 Å². The molecule has 0 aromatic heterocycles. The fourth-order valence-corrected chi connectivity index (χ4v) is 4.61. The van der Waals surface area contributed by atoms with Gasteiger partial charge >= 0.3 is 0 Å². The smallest absolute Gasteiger partial charge is 0.226 e. The van der Waals surface area contributed by atoms with Gasteiger partial charge in [-0.1, -0.05) is 42.7 Å². The van der Waals surface area contributed by atoms with Gasteiger partial charge in [-0.25, -0.2) is 0 Å². The van der Waals surface area contributed by atoms with Gasteiger partial charge in [0.25, 0.3) is 0 Å². The average Bonchev–Trinajstić information content (AvgIpc) is 3.21. The number of hydrogen-bond donors (Lipinski definition) is 1. The van der Waals surface area contributed by atoms with E-state index in [2.05, 4.69) is 41.4 Å². The van der Waals surface area contributed by atoms with Crippen molar-refractivity contribution in [2.45, 2.75) is 51.5 Å². The van der Waals surface area contributed by atoms with E-state index in [0.29, 0.717) is 13.1 Å². The Morgan fingerprint density at radius 2 is 1.86 bits per heavy atom. The molecular weight excluding hydrogens is 350 g/mol. The number of aryl methyl sites for hydroxylation is 1. The predicted octanol–water partition coefficient (Wildman–Crippen LogP) is 3.14. The maximum absolute atomic E-state index is 13.3. The summed E-state index contributed by atoms with van der Waals surface area (Å²) in [6.45, 7) is 4.12. The Morgan fingerprint density at radius 3 is 2.54 bits per heavy atom. The van der Waals surface area contributed by atoms with Gasteiger partial charge < -0.3 is 15.1 Å². The van der Waals surface area contributed by atoms with Gasteiger partial charge in [-0.2, -0.15) is 0 Å². The average molecular weight is 386 g/mol. The lowest BCUT2D eigenvalue weighted by Crippen LogP contribution is -2.49. The molecule has 0 bridgehead atoms. The fourth-order valence-electron chi connectivity index (χ4n) is 4.61. The summed E-state index contributed by atoms with van der Waals surface area (Å²) in [4.78, 5) is 30.1. The van der Waals surface area contributed by atoms with Crippen molar-refractivity contribution >= 4 is 11.8 Å². The van der Waals surface area contributed by atoms with Crippen LogP contribution in [0.5, 0.6) is 0 Å². The lowest BCUT2D eigenvalue weighted by Gasteiger charge is -2.41. The van der Waals surface area contributed by atoms with E-state index in [1.807, 2.05) is 19.0 Å². The van der Waals surface area contributed by atoms with Gasteiger partial charge in [0.1, 0.15) is 0 Å². The molecule has 1 heterocycles. The molecule has 28 heavy (non-hydrogen) atoms. The molecule has 154 valence electrons. The molecule has 5 heteroatoms. The summed E-state index contributed by atoms with van der Waals surface area (Å²) < 4.78 is 0. The monoisotopic (exact) mass is 385 g/mol. The van der Waals surface area contributed by atoms with Gasteiger partial charge in [0.15, 0.2) is 0 Å². The molecule has 2 fully saturated rings. The lowest BCUT2D eigenvalue weighted by atomic mass is 9.86. The highest BCUT2D eigenvalue weighted by molar-refractivity contribution is 5.83. The number of amides is 2. The largest absolute Gasteiger partial charge is 0.355 e. The first-order chi connectivity index (χ1) is 13.5. The molecule has 1 saturated heterocycles. The Morgan fingerprint density at radius 1 is 1.11 bits per heavy atom. The molecule has 1 N–H and O–H groups in total. The molecule has 3 rings (SSSR count). The normalized spacial score (nSPS) is 23.2. The first-order valence-electron chi connectivity index (χ1n) is 10.7. The number of benzene rings is 1.